The van der Waals surface area contributed by atoms with Crippen molar-refractivity contribution in [3.05, 3.63) is 25.3 Å². The first kappa shape index (κ1) is 13.9. The Bertz CT molecular complexity index is 298. The summed E-state index contributed by atoms with van der Waals surface area (Å²) in [6, 6.07) is 0. The molecular formula is C10H13NO5. The quantitative estimate of drug-likeness (QED) is 0.362. The van der Waals surface area contributed by atoms with E-state index in [0.29, 0.717) is 0 Å². The second kappa shape index (κ2) is 8.22. The van der Waals surface area contributed by atoms with E-state index in [-0.39, 0.29) is 19.8 Å². The Kier molecular flexibility index (Phi) is 7.14. The van der Waals surface area contributed by atoms with Gasteiger partial charge < -0.3 is 14.8 Å². The number of hydrogen-bond donors (Lipinski definition) is 1. The molecule has 0 aromatic carbocycles. The molecule has 0 aromatic heterocycles. The van der Waals surface area contributed by atoms with Crippen LogP contribution in [0, 0.1) is 0 Å². The van der Waals surface area contributed by atoms with Crippen molar-refractivity contribution < 1.29 is 23.9 Å². The number of carbonyl (C=O) groups excluding carboxylic acids is 3. The largest absolute Gasteiger partial charge is 0.461 e. The smallest absolute Gasteiger partial charge is 0.330 e. The Morgan fingerprint density at radius 2 is 1.62 bits per heavy atom. The van der Waals surface area contributed by atoms with Gasteiger partial charge in [0, 0.05) is 12.2 Å². The zero-order valence-corrected chi connectivity index (χ0v) is 8.73. The van der Waals surface area contributed by atoms with Crippen LogP contribution in [0.25, 0.3) is 0 Å². The minimum absolute atomic E-state index is 0.0337. The molecule has 0 rings (SSSR count). The summed E-state index contributed by atoms with van der Waals surface area (Å²) in [5.74, 6) is -1.72. The van der Waals surface area contributed by atoms with Crippen LogP contribution in [0.1, 0.15) is 0 Å². The summed E-state index contributed by atoms with van der Waals surface area (Å²) in [5, 5.41) is 2.38. The number of nitrogens with one attached hydrogen (secondary N) is 1. The molecule has 1 N–H and O–H groups in total. The van der Waals surface area contributed by atoms with Crippen LogP contribution in [0.3, 0.4) is 0 Å². The predicted octanol–water partition coefficient (Wildman–Crippen LogP) is -0.439. The highest BCUT2D eigenvalue weighted by Gasteiger charge is 2.03. The first-order valence-corrected chi connectivity index (χ1v) is 4.45. The average molecular weight is 227 g/mol. The van der Waals surface area contributed by atoms with Crippen molar-refractivity contribution in [2.75, 3.05) is 19.8 Å². The molecule has 0 heterocycles. The maximum Gasteiger partial charge on any atom is 0.330 e. The van der Waals surface area contributed by atoms with Gasteiger partial charge in [-0.1, -0.05) is 13.2 Å². The second-order valence-corrected chi connectivity index (χ2v) is 2.53. The van der Waals surface area contributed by atoms with Gasteiger partial charge >= 0.3 is 11.9 Å². The molecular weight excluding hydrogens is 214 g/mol. The van der Waals surface area contributed by atoms with Gasteiger partial charge in [-0.3, -0.25) is 4.79 Å². The molecule has 0 aliphatic carbocycles. The van der Waals surface area contributed by atoms with Crippen molar-refractivity contribution in [2.45, 2.75) is 0 Å². The van der Waals surface area contributed by atoms with Crippen LogP contribution in [0.4, 0.5) is 0 Å². The van der Waals surface area contributed by atoms with E-state index < -0.39 is 17.8 Å². The molecule has 0 spiro atoms. The maximum absolute atomic E-state index is 11.0. The van der Waals surface area contributed by atoms with Crippen molar-refractivity contribution in [2.24, 2.45) is 0 Å². The highest BCUT2D eigenvalue weighted by Crippen LogP contribution is 1.80. The third-order valence-corrected chi connectivity index (χ3v) is 1.35. The molecule has 0 aliphatic rings. The van der Waals surface area contributed by atoms with E-state index in [2.05, 4.69) is 27.9 Å². The number of amides is 1. The molecule has 0 unspecified atom stereocenters. The lowest BCUT2D eigenvalue weighted by Crippen LogP contribution is -2.31. The van der Waals surface area contributed by atoms with E-state index in [1.54, 1.807) is 0 Å². The van der Waals surface area contributed by atoms with E-state index in [1.807, 2.05) is 0 Å². The Balaban J connectivity index is 3.51. The van der Waals surface area contributed by atoms with Gasteiger partial charge in [0.15, 0.2) is 6.61 Å². The fraction of sp³-hybridized carbons (Fsp3) is 0.300. The Labute approximate surface area is 92.9 Å². The SMILES string of the molecule is C=CC(=O)OCCNC(=O)COC(=O)C=C. The molecule has 6 nitrogen and oxygen atoms in total. The highest BCUT2D eigenvalue weighted by atomic mass is 16.5. The molecule has 16 heavy (non-hydrogen) atoms. The van der Waals surface area contributed by atoms with E-state index in [1.165, 1.54) is 0 Å². The third-order valence-electron chi connectivity index (χ3n) is 1.35. The van der Waals surface area contributed by atoms with Crippen molar-refractivity contribution in [3.63, 3.8) is 0 Å². The van der Waals surface area contributed by atoms with Gasteiger partial charge in [-0.15, -0.1) is 0 Å². The van der Waals surface area contributed by atoms with E-state index in [4.69, 9.17) is 0 Å². The minimum Gasteiger partial charge on any atom is -0.461 e. The van der Waals surface area contributed by atoms with Gasteiger partial charge in [0.25, 0.3) is 5.91 Å². The monoisotopic (exact) mass is 227 g/mol. The van der Waals surface area contributed by atoms with Gasteiger partial charge in [0.1, 0.15) is 6.61 Å². The topological polar surface area (TPSA) is 81.7 Å². The maximum atomic E-state index is 11.0. The van der Waals surface area contributed by atoms with Gasteiger partial charge in [-0.2, -0.15) is 0 Å². The number of carbonyl (C=O) groups is 3. The number of esters is 2. The lowest BCUT2D eigenvalue weighted by Gasteiger charge is -2.05. The lowest BCUT2D eigenvalue weighted by molar-refractivity contribution is -0.144. The third kappa shape index (κ3) is 7.31. The first-order chi connectivity index (χ1) is 7.60. The zero-order chi connectivity index (χ0) is 12.4. The zero-order valence-electron chi connectivity index (χ0n) is 8.73. The molecule has 88 valence electrons. The standard InChI is InChI=1S/C10H13NO5/c1-3-9(13)15-6-5-11-8(12)7-16-10(14)4-2/h3-4H,1-2,5-7H2,(H,11,12). The molecule has 0 fully saturated rings. The summed E-state index contributed by atoms with van der Waals surface area (Å²) in [6.07, 6.45) is 1.98. The molecule has 6 heteroatoms. The molecule has 0 aliphatic heterocycles. The predicted molar refractivity (Wildman–Crippen MR) is 55.3 cm³/mol. The number of rotatable bonds is 7. The summed E-state index contributed by atoms with van der Waals surface area (Å²) >= 11 is 0. The fourth-order valence-corrected chi connectivity index (χ4v) is 0.648. The number of hydrogen-bond acceptors (Lipinski definition) is 5. The summed E-state index contributed by atoms with van der Waals surface area (Å²) < 4.78 is 9.05. The molecule has 0 aromatic rings. The van der Waals surface area contributed by atoms with Crippen LogP contribution in [0.5, 0.6) is 0 Å². The Morgan fingerprint density at radius 1 is 1.06 bits per heavy atom. The average Bonchev–Trinajstić information content (AvgIpc) is 2.31. The van der Waals surface area contributed by atoms with E-state index in [0.717, 1.165) is 12.2 Å². The van der Waals surface area contributed by atoms with Crippen LogP contribution in [0.15, 0.2) is 25.3 Å². The first-order valence-electron chi connectivity index (χ1n) is 4.45. The molecule has 0 saturated carbocycles. The normalized spacial score (nSPS) is 8.75. The highest BCUT2D eigenvalue weighted by molar-refractivity contribution is 5.85. The van der Waals surface area contributed by atoms with Crippen molar-refractivity contribution >= 4 is 17.8 Å². The van der Waals surface area contributed by atoms with Gasteiger partial charge in [-0.25, -0.2) is 9.59 Å². The number of ether oxygens (including phenoxy) is 2. The second-order valence-electron chi connectivity index (χ2n) is 2.53. The molecule has 0 saturated heterocycles. The molecule has 0 atom stereocenters. The summed E-state index contributed by atoms with van der Waals surface area (Å²) in [5.41, 5.74) is 0. The van der Waals surface area contributed by atoms with Crippen LogP contribution >= 0.6 is 0 Å². The van der Waals surface area contributed by atoms with Crippen molar-refractivity contribution in [1.82, 2.24) is 5.32 Å². The van der Waals surface area contributed by atoms with Gasteiger partial charge in [0.2, 0.25) is 0 Å². The van der Waals surface area contributed by atoms with E-state index >= 15 is 0 Å². The van der Waals surface area contributed by atoms with Crippen molar-refractivity contribution in [1.29, 1.82) is 0 Å². The minimum atomic E-state index is -0.673. The van der Waals surface area contributed by atoms with Crippen LogP contribution < -0.4 is 5.32 Å². The Morgan fingerprint density at radius 3 is 2.19 bits per heavy atom. The van der Waals surface area contributed by atoms with Crippen LogP contribution in [-0.2, 0) is 23.9 Å². The molecule has 0 radical (unpaired) electrons. The fourth-order valence-electron chi connectivity index (χ4n) is 0.648. The van der Waals surface area contributed by atoms with Crippen LogP contribution in [0.2, 0.25) is 0 Å². The summed E-state index contributed by atoms with van der Waals surface area (Å²) in [7, 11) is 0. The van der Waals surface area contributed by atoms with Gasteiger partial charge in [0.05, 0.1) is 6.54 Å². The van der Waals surface area contributed by atoms with Crippen LogP contribution in [-0.4, -0.2) is 37.6 Å². The lowest BCUT2D eigenvalue weighted by atomic mass is 10.5. The Hall–Kier alpha value is -2.11. The van der Waals surface area contributed by atoms with E-state index in [9.17, 15) is 14.4 Å². The molecule has 0 bridgehead atoms. The summed E-state index contributed by atoms with van der Waals surface area (Å²) in [4.78, 5) is 32.1. The van der Waals surface area contributed by atoms with Gasteiger partial charge in [-0.05, 0) is 0 Å². The molecule has 1 amide bonds. The van der Waals surface area contributed by atoms with Crippen molar-refractivity contribution in [3.8, 4) is 0 Å². The summed E-state index contributed by atoms with van der Waals surface area (Å²) in [6.45, 7) is 6.16.